The Morgan fingerprint density at radius 3 is 2.56 bits per heavy atom. The van der Waals surface area contributed by atoms with Gasteiger partial charge in [-0.05, 0) is 37.8 Å². The second-order valence-corrected chi connectivity index (χ2v) is 7.63. The number of thiophene rings is 1. The number of aliphatic hydroxyl groups excluding tert-OH is 1. The zero-order valence-electron chi connectivity index (χ0n) is 10.9. The lowest BCUT2D eigenvalue weighted by Gasteiger charge is -2.15. The summed E-state index contributed by atoms with van der Waals surface area (Å²) in [7, 11) is -1.72. The van der Waals surface area contributed by atoms with E-state index in [1.165, 1.54) is 15.6 Å². The van der Waals surface area contributed by atoms with Crippen molar-refractivity contribution in [3.63, 3.8) is 0 Å². The Morgan fingerprint density at radius 2 is 2.00 bits per heavy atom. The van der Waals surface area contributed by atoms with Gasteiger partial charge >= 0.3 is 0 Å². The summed E-state index contributed by atoms with van der Waals surface area (Å²) in [6.45, 7) is 2.68. The van der Waals surface area contributed by atoms with Gasteiger partial charge in [-0.1, -0.05) is 6.92 Å². The van der Waals surface area contributed by atoms with E-state index in [9.17, 15) is 8.42 Å². The molecule has 0 radical (unpaired) electrons. The molecule has 0 bridgehead atoms. The summed E-state index contributed by atoms with van der Waals surface area (Å²) < 4.78 is 26.2. The quantitative estimate of drug-likeness (QED) is 0.746. The number of hydrogen-bond donors (Lipinski definition) is 1. The Hall–Kier alpha value is -0.430. The first-order chi connectivity index (χ1) is 8.52. The standard InChI is InChI=1S/C12H21NO3S2/c1-3-11-7-8-12(17-11)18(15,16)13(2)9-5-4-6-10-14/h7-8,14H,3-6,9-10H2,1-2H3. The van der Waals surface area contributed by atoms with E-state index >= 15 is 0 Å². The lowest BCUT2D eigenvalue weighted by molar-refractivity contribution is 0.281. The van der Waals surface area contributed by atoms with Gasteiger partial charge in [0.25, 0.3) is 10.0 Å². The molecule has 0 aliphatic rings. The molecule has 6 heteroatoms. The lowest BCUT2D eigenvalue weighted by atomic mass is 10.2. The minimum Gasteiger partial charge on any atom is -0.396 e. The molecular formula is C12H21NO3S2. The molecule has 1 N–H and O–H groups in total. The molecule has 0 atom stereocenters. The van der Waals surface area contributed by atoms with Gasteiger partial charge in [0.2, 0.25) is 0 Å². The number of aryl methyl sites for hydroxylation is 1. The summed E-state index contributed by atoms with van der Waals surface area (Å²) in [5.74, 6) is 0. The van der Waals surface area contributed by atoms with Crippen LogP contribution in [0.3, 0.4) is 0 Å². The third-order valence-corrected chi connectivity index (χ3v) is 6.33. The molecule has 0 saturated heterocycles. The highest BCUT2D eigenvalue weighted by molar-refractivity contribution is 7.91. The second kappa shape index (κ2) is 7.23. The first-order valence-electron chi connectivity index (χ1n) is 6.18. The Balaban J connectivity index is 2.62. The molecule has 0 aliphatic heterocycles. The number of unbranched alkanes of at least 4 members (excludes halogenated alkanes) is 2. The third kappa shape index (κ3) is 4.05. The zero-order valence-corrected chi connectivity index (χ0v) is 12.6. The van der Waals surface area contributed by atoms with Crippen LogP contribution in [0.15, 0.2) is 16.3 Å². The van der Waals surface area contributed by atoms with Crippen LogP contribution in [0.5, 0.6) is 0 Å². The van der Waals surface area contributed by atoms with Crippen molar-refractivity contribution in [1.29, 1.82) is 0 Å². The molecule has 1 aromatic rings. The van der Waals surface area contributed by atoms with Gasteiger partial charge in [-0.15, -0.1) is 11.3 Å². The van der Waals surface area contributed by atoms with Crippen LogP contribution in [-0.4, -0.2) is 38.0 Å². The number of hydrogen-bond acceptors (Lipinski definition) is 4. The predicted octanol–water partition coefficient (Wildman–Crippen LogP) is 2.09. The molecule has 0 unspecified atom stereocenters. The van der Waals surface area contributed by atoms with Gasteiger partial charge in [0.05, 0.1) is 0 Å². The van der Waals surface area contributed by atoms with E-state index < -0.39 is 10.0 Å². The summed E-state index contributed by atoms with van der Waals surface area (Å²) in [5, 5.41) is 8.67. The SMILES string of the molecule is CCc1ccc(S(=O)(=O)N(C)CCCCCO)s1. The van der Waals surface area contributed by atoms with E-state index in [4.69, 9.17) is 5.11 Å². The molecule has 0 amide bonds. The van der Waals surface area contributed by atoms with Crippen LogP contribution in [0.25, 0.3) is 0 Å². The summed E-state index contributed by atoms with van der Waals surface area (Å²) in [6.07, 6.45) is 3.22. The van der Waals surface area contributed by atoms with Crippen molar-refractivity contribution in [2.75, 3.05) is 20.2 Å². The fraction of sp³-hybridized carbons (Fsp3) is 0.667. The normalized spacial score (nSPS) is 12.2. The average molecular weight is 291 g/mol. The van der Waals surface area contributed by atoms with Crippen molar-refractivity contribution < 1.29 is 13.5 Å². The van der Waals surface area contributed by atoms with Crippen molar-refractivity contribution in [1.82, 2.24) is 4.31 Å². The lowest BCUT2D eigenvalue weighted by Crippen LogP contribution is -2.27. The van der Waals surface area contributed by atoms with Crippen LogP contribution in [0, 0.1) is 0 Å². The molecular weight excluding hydrogens is 270 g/mol. The van der Waals surface area contributed by atoms with Gasteiger partial charge in [-0.3, -0.25) is 0 Å². The number of nitrogens with zero attached hydrogens (tertiary/aromatic N) is 1. The molecule has 1 rings (SSSR count). The first kappa shape index (κ1) is 15.6. The minimum atomic E-state index is -3.33. The van der Waals surface area contributed by atoms with Gasteiger partial charge in [0.15, 0.2) is 0 Å². The molecule has 1 heterocycles. The third-order valence-electron chi connectivity index (χ3n) is 2.78. The predicted molar refractivity (Wildman–Crippen MR) is 74.4 cm³/mol. The van der Waals surface area contributed by atoms with Crippen molar-refractivity contribution in [2.24, 2.45) is 0 Å². The number of aliphatic hydroxyl groups is 1. The smallest absolute Gasteiger partial charge is 0.252 e. The van der Waals surface area contributed by atoms with Gasteiger partial charge in [0, 0.05) is 25.1 Å². The summed E-state index contributed by atoms with van der Waals surface area (Å²) in [4.78, 5) is 1.09. The van der Waals surface area contributed by atoms with E-state index in [1.54, 1.807) is 13.1 Å². The monoisotopic (exact) mass is 291 g/mol. The molecule has 0 aliphatic carbocycles. The maximum Gasteiger partial charge on any atom is 0.252 e. The van der Waals surface area contributed by atoms with Crippen LogP contribution in [-0.2, 0) is 16.4 Å². The van der Waals surface area contributed by atoms with E-state index in [2.05, 4.69) is 0 Å². The fourth-order valence-corrected chi connectivity index (χ4v) is 4.30. The van der Waals surface area contributed by atoms with Crippen LogP contribution in [0.4, 0.5) is 0 Å². The van der Waals surface area contributed by atoms with E-state index in [0.29, 0.717) is 10.8 Å². The zero-order chi connectivity index (χ0) is 13.6. The Morgan fingerprint density at radius 1 is 1.28 bits per heavy atom. The average Bonchev–Trinajstić information content (AvgIpc) is 2.83. The highest BCUT2D eigenvalue weighted by Gasteiger charge is 2.21. The Labute approximate surface area is 113 Å². The Kier molecular flexibility index (Phi) is 6.28. The van der Waals surface area contributed by atoms with Crippen LogP contribution in [0.1, 0.15) is 31.1 Å². The van der Waals surface area contributed by atoms with Gasteiger partial charge in [0.1, 0.15) is 4.21 Å². The topological polar surface area (TPSA) is 57.6 Å². The molecule has 1 aromatic heterocycles. The molecule has 0 saturated carbocycles. The summed E-state index contributed by atoms with van der Waals surface area (Å²) >= 11 is 1.34. The molecule has 0 aromatic carbocycles. The summed E-state index contributed by atoms with van der Waals surface area (Å²) in [6, 6.07) is 3.56. The molecule has 4 nitrogen and oxygen atoms in total. The van der Waals surface area contributed by atoms with Crippen molar-refractivity contribution in [3.05, 3.63) is 17.0 Å². The largest absolute Gasteiger partial charge is 0.396 e. The second-order valence-electron chi connectivity index (χ2n) is 4.19. The van der Waals surface area contributed by atoms with Gasteiger partial charge in [-0.25, -0.2) is 12.7 Å². The molecule has 0 spiro atoms. The Bertz CT molecular complexity index is 454. The van der Waals surface area contributed by atoms with E-state index in [-0.39, 0.29) is 6.61 Å². The van der Waals surface area contributed by atoms with Crippen LogP contribution < -0.4 is 0 Å². The van der Waals surface area contributed by atoms with Crippen molar-refractivity contribution in [2.45, 2.75) is 36.8 Å². The van der Waals surface area contributed by atoms with Gasteiger partial charge < -0.3 is 5.11 Å². The first-order valence-corrected chi connectivity index (χ1v) is 8.44. The number of sulfonamides is 1. The maximum absolute atomic E-state index is 12.2. The molecule has 18 heavy (non-hydrogen) atoms. The van der Waals surface area contributed by atoms with Crippen molar-refractivity contribution >= 4 is 21.4 Å². The summed E-state index contributed by atoms with van der Waals surface area (Å²) in [5.41, 5.74) is 0. The van der Waals surface area contributed by atoms with Crippen LogP contribution in [0.2, 0.25) is 0 Å². The number of rotatable bonds is 8. The highest BCUT2D eigenvalue weighted by Crippen LogP contribution is 2.24. The minimum absolute atomic E-state index is 0.168. The van der Waals surface area contributed by atoms with Gasteiger partial charge in [-0.2, -0.15) is 0 Å². The molecule has 0 fully saturated rings. The molecule has 104 valence electrons. The highest BCUT2D eigenvalue weighted by atomic mass is 32.2. The van der Waals surface area contributed by atoms with E-state index in [0.717, 1.165) is 30.6 Å². The fourth-order valence-electron chi connectivity index (χ4n) is 1.58. The van der Waals surface area contributed by atoms with Crippen LogP contribution >= 0.6 is 11.3 Å². The maximum atomic E-state index is 12.2. The van der Waals surface area contributed by atoms with E-state index in [1.807, 2.05) is 13.0 Å². The van der Waals surface area contributed by atoms with Crippen molar-refractivity contribution in [3.8, 4) is 0 Å².